The number of aliphatic carboxylic acids is 1. The zero-order chi connectivity index (χ0) is 13.7. The van der Waals surface area contributed by atoms with Gasteiger partial charge in [0.05, 0.1) is 0 Å². The minimum absolute atomic E-state index is 0.267. The lowest BCUT2D eigenvalue weighted by atomic mass is 10.0. The van der Waals surface area contributed by atoms with E-state index in [0.717, 1.165) is 50.3 Å². The summed E-state index contributed by atoms with van der Waals surface area (Å²) < 4.78 is 0. The van der Waals surface area contributed by atoms with Gasteiger partial charge in [0, 0.05) is 31.3 Å². The maximum atomic E-state index is 10.6. The number of aryl methyl sites for hydroxylation is 1. The van der Waals surface area contributed by atoms with Crippen LogP contribution in [-0.4, -0.2) is 34.1 Å². The van der Waals surface area contributed by atoms with E-state index in [1.165, 1.54) is 0 Å². The second-order valence-electron chi connectivity index (χ2n) is 5.15. The van der Waals surface area contributed by atoms with Crippen LogP contribution in [-0.2, 0) is 11.2 Å². The van der Waals surface area contributed by atoms with Gasteiger partial charge in [0.1, 0.15) is 12.1 Å². The van der Waals surface area contributed by atoms with E-state index in [2.05, 4.69) is 27.9 Å². The Hall–Kier alpha value is -1.65. The fraction of sp³-hybridized carbons (Fsp3) is 0.643. The Balaban J connectivity index is 1.92. The van der Waals surface area contributed by atoms with Crippen LogP contribution in [0.25, 0.3) is 0 Å². The number of anilines is 1. The number of carbonyl (C=O) groups is 1. The largest absolute Gasteiger partial charge is 0.481 e. The van der Waals surface area contributed by atoms with Crippen LogP contribution in [0.3, 0.4) is 0 Å². The molecule has 0 radical (unpaired) electrons. The van der Waals surface area contributed by atoms with Gasteiger partial charge in [0.25, 0.3) is 0 Å². The zero-order valence-electron chi connectivity index (χ0n) is 11.4. The summed E-state index contributed by atoms with van der Waals surface area (Å²) >= 11 is 0. The smallest absolute Gasteiger partial charge is 0.303 e. The lowest BCUT2D eigenvalue weighted by molar-refractivity contribution is -0.137. The van der Waals surface area contributed by atoms with Gasteiger partial charge in [-0.05, 0) is 25.2 Å². The molecule has 5 nitrogen and oxygen atoms in total. The van der Waals surface area contributed by atoms with Gasteiger partial charge >= 0.3 is 5.97 Å². The van der Waals surface area contributed by atoms with Crippen molar-refractivity contribution in [3.8, 4) is 0 Å². The molecule has 2 rings (SSSR count). The van der Waals surface area contributed by atoms with E-state index < -0.39 is 5.97 Å². The quantitative estimate of drug-likeness (QED) is 0.851. The predicted octanol–water partition coefficient (Wildman–Crippen LogP) is 2.12. The molecule has 1 aliphatic rings. The summed E-state index contributed by atoms with van der Waals surface area (Å²) in [4.78, 5) is 21.4. The number of carboxylic acids is 1. The average molecular weight is 263 g/mol. The van der Waals surface area contributed by atoms with Crippen molar-refractivity contribution in [2.75, 3.05) is 18.0 Å². The van der Waals surface area contributed by atoms with Gasteiger partial charge in [-0.1, -0.05) is 13.3 Å². The molecule has 19 heavy (non-hydrogen) atoms. The fourth-order valence-electron chi connectivity index (χ4n) is 2.56. The van der Waals surface area contributed by atoms with Crippen LogP contribution in [0.4, 0.5) is 5.82 Å². The summed E-state index contributed by atoms with van der Waals surface area (Å²) in [6.07, 6.45) is 5.77. The van der Waals surface area contributed by atoms with Crippen LogP contribution in [0.1, 0.15) is 38.3 Å². The lowest BCUT2D eigenvalue weighted by Crippen LogP contribution is -2.21. The molecule has 1 fully saturated rings. The second kappa shape index (κ2) is 6.50. The first kappa shape index (κ1) is 13.8. The van der Waals surface area contributed by atoms with Gasteiger partial charge in [0.2, 0.25) is 0 Å². The second-order valence-corrected chi connectivity index (χ2v) is 5.15. The summed E-state index contributed by atoms with van der Waals surface area (Å²) in [5.41, 5.74) is 1.08. The molecule has 5 heteroatoms. The van der Waals surface area contributed by atoms with E-state index in [4.69, 9.17) is 5.11 Å². The fourth-order valence-corrected chi connectivity index (χ4v) is 2.56. The molecule has 0 aliphatic carbocycles. The SMILES string of the molecule is CCCc1cc(N2CCC(CCC(=O)O)C2)ncn1. The summed E-state index contributed by atoms with van der Waals surface area (Å²) in [6, 6.07) is 2.06. The Kier molecular flexibility index (Phi) is 4.71. The number of nitrogens with zero attached hydrogens (tertiary/aromatic N) is 3. The van der Waals surface area contributed by atoms with Crippen LogP contribution >= 0.6 is 0 Å². The van der Waals surface area contributed by atoms with E-state index in [1.54, 1.807) is 6.33 Å². The van der Waals surface area contributed by atoms with Gasteiger partial charge < -0.3 is 10.0 Å². The van der Waals surface area contributed by atoms with Crippen molar-refractivity contribution in [1.29, 1.82) is 0 Å². The zero-order valence-corrected chi connectivity index (χ0v) is 11.4. The van der Waals surface area contributed by atoms with Crippen LogP contribution in [0.2, 0.25) is 0 Å². The van der Waals surface area contributed by atoms with Crippen molar-refractivity contribution in [3.63, 3.8) is 0 Å². The summed E-state index contributed by atoms with van der Waals surface area (Å²) in [5.74, 6) is 0.752. The number of carboxylic acid groups (broad SMARTS) is 1. The Labute approximate surface area is 113 Å². The third-order valence-electron chi connectivity index (χ3n) is 3.59. The number of rotatable bonds is 6. The molecule has 0 amide bonds. The van der Waals surface area contributed by atoms with E-state index in [0.29, 0.717) is 5.92 Å². The average Bonchev–Trinajstić information content (AvgIpc) is 2.86. The highest BCUT2D eigenvalue weighted by Gasteiger charge is 2.24. The molecule has 1 aliphatic heterocycles. The number of hydrogen-bond donors (Lipinski definition) is 1. The monoisotopic (exact) mass is 263 g/mol. The Morgan fingerprint density at radius 1 is 1.53 bits per heavy atom. The Morgan fingerprint density at radius 2 is 2.37 bits per heavy atom. The first-order valence-corrected chi connectivity index (χ1v) is 6.96. The Morgan fingerprint density at radius 3 is 3.11 bits per heavy atom. The van der Waals surface area contributed by atoms with E-state index in [9.17, 15) is 4.79 Å². The maximum Gasteiger partial charge on any atom is 0.303 e. The number of aromatic nitrogens is 2. The third kappa shape index (κ3) is 3.91. The highest BCUT2D eigenvalue weighted by molar-refractivity contribution is 5.66. The molecule has 1 aromatic heterocycles. The van der Waals surface area contributed by atoms with Crippen molar-refractivity contribution in [3.05, 3.63) is 18.1 Å². The first-order valence-electron chi connectivity index (χ1n) is 6.96. The molecule has 1 saturated heterocycles. The lowest BCUT2D eigenvalue weighted by Gasteiger charge is -2.17. The maximum absolute atomic E-state index is 10.6. The van der Waals surface area contributed by atoms with Crippen LogP contribution in [0.5, 0.6) is 0 Å². The predicted molar refractivity (Wildman–Crippen MR) is 73.2 cm³/mol. The first-order chi connectivity index (χ1) is 9.19. The van der Waals surface area contributed by atoms with Crippen LogP contribution in [0, 0.1) is 5.92 Å². The summed E-state index contributed by atoms with van der Waals surface area (Å²) in [6.45, 7) is 4.02. The highest BCUT2D eigenvalue weighted by Crippen LogP contribution is 2.25. The van der Waals surface area contributed by atoms with Crippen LogP contribution < -0.4 is 4.90 Å². The molecule has 1 N–H and O–H groups in total. The van der Waals surface area contributed by atoms with Crippen molar-refractivity contribution in [1.82, 2.24) is 9.97 Å². The van der Waals surface area contributed by atoms with Crippen molar-refractivity contribution >= 4 is 11.8 Å². The molecule has 1 atom stereocenters. The molecule has 0 aromatic carbocycles. The summed E-state index contributed by atoms with van der Waals surface area (Å²) in [7, 11) is 0. The van der Waals surface area contributed by atoms with E-state index >= 15 is 0 Å². The third-order valence-corrected chi connectivity index (χ3v) is 3.59. The molecule has 0 bridgehead atoms. The summed E-state index contributed by atoms with van der Waals surface area (Å²) in [5, 5.41) is 8.72. The molecule has 2 heterocycles. The normalized spacial score (nSPS) is 18.8. The Bertz CT molecular complexity index is 436. The van der Waals surface area contributed by atoms with Gasteiger partial charge in [-0.3, -0.25) is 4.79 Å². The van der Waals surface area contributed by atoms with Gasteiger partial charge in [-0.25, -0.2) is 9.97 Å². The van der Waals surface area contributed by atoms with E-state index in [1.807, 2.05) is 0 Å². The molecular weight excluding hydrogens is 242 g/mol. The topological polar surface area (TPSA) is 66.3 Å². The van der Waals surface area contributed by atoms with Crippen molar-refractivity contribution in [2.24, 2.45) is 5.92 Å². The van der Waals surface area contributed by atoms with Gasteiger partial charge in [-0.2, -0.15) is 0 Å². The molecule has 104 valence electrons. The molecule has 0 saturated carbocycles. The minimum atomic E-state index is -0.703. The van der Waals surface area contributed by atoms with Crippen molar-refractivity contribution in [2.45, 2.75) is 39.0 Å². The van der Waals surface area contributed by atoms with Gasteiger partial charge in [0.15, 0.2) is 0 Å². The highest BCUT2D eigenvalue weighted by atomic mass is 16.4. The molecule has 1 aromatic rings. The number of hydrogen-bond acceptors (Lipinski definition) is 4. The molecule has 1 unspecified atom stereocenters. The van der Waals surface area contributed by atoms with Crippen molar-refractivity contribution < 1.29 is 9.90 Å². The standard InChI is InChI=1S/C14H21N3O2/c1-2-3-12-8-13(16-10-15-12)17-7-6-11(9-17)4-5-14(18)19/h8,10-11H,2-7,9H2,1H3,(H,18,19). The molecular formula is C14H21N3O2. The minimum Gasteiger partial charge on any atom is -0.481 e. The van der Waals surface area contributed by atoms with Crippen LogP contribution in [0.15, 0.2) is 12.4 Å². The van der Waals surface area contributed by atoms with E-state index in [-0.39, 0.29) is 6.42 Å². The van der Waals surface area contributed by atoms with Gasteiger partial charge in [-0.15, -0.1) is 0 Å². The molecule has 0 spiro atoms.